The van der Waals surface area contributed by atoms with Crippen molar-refractivity contribution in [1.82, 2.24) is 5.32 Å². The van der Waals surface area contributed by atoms with Crippen LogP contribution in [0.4, 0.5) is 0 Å². The molecule has 0 saturated carbocycles. The number of ether oxygens (including phenoxy) is 2. The van der Waals surface area contributed by atoms with Crippen LogP contribution in [0.15, 0.2) is 12.1 Å². The molecule has 0 saturated heterocycles. The standard InChI is InChI=1S/C12H18ClNO2/c1-4-7-14-8-9-5-6-10(15-2)11(13)12(9)16-3/h5-6,14H,4,7-8H2,1-3H3. The summed E-state index contributed by atoms with van der Waals surface area (Å²) in [5.74, 6) is 1.32. The third-order valence-corrected chi connectivity index (χ3v) is 2.67. The molecule has 0 aromatic heterocycles. The van der Waals surface area contributed by atoms with E-state index in [1.165, 1.54) is 0 Å². The van der Waals surface area contributed by atoms with Crippen LogP contribution in [0.25, 0.3) is 0 Å². The number of nitrogens with one attached hydrogen (secondary N) is 1. The normalized spacial score (nSPS) is 10.2. The Balaban J connectivity index is 2.88. The molecule has 1 aromatic carbocycles. The Hall–Kier alpha value is -0.930. The predicted molar refractivity (Wildman–Crippen MR) is 66.6 cm³/mol. The van der Waals surface area contributed by atoms with E-state index in [9.17, 15) is 0 Å². The molecular formula is C12H18ClNO2. The first-order chi connectivity index (χ1) is 7.74. The van der Waals surface area contributed by atoms with E-state index in [1.54, 1.807) is 14.2 Å². The zero-order valence-corrected chi connectivity index (χ0v) is 10.7. The molecule has 0 aliphatic heterocycles. The van der Waals surface area contributed by atoms with Crippen LogP contribution >= 0.6 is 11.6 Å². The van der Waals surface area contributed by atoms with Crippen molar-refractivity contribution in [1.29, 1.82) is 0 Å². The molecule has 0 unspecified atom stereocenters. The molecule has 90 valence electrons. The summed E-state index contributed by atoms with van der Waals surface area (Å²) in [6.07, 6.45) is 1.10. The van der Waals surface area contributed by atoms with Crippen molar-refractivity contribution in [2.45, 2.75) is 19.9 Å². The largest absolute Gasteiger partial charge is 0.495 e. The summed E-state index contributed by atoms with van der Waals surface area (Å²) in [5.41, 5.74) is 1.04. The Morgan fingerprint density at radius 1 is 1.25 bits per heavy atom. The van der Waals surface area contributed by atoms with Crippen LogP contribution in [0, 0.1) is 0 Å². The minimum Gasteiger partial charge on any atom is -0.495 e. The Labute approximate surface area is 102 Å². The van der Waals surface area contributed by atoms with E-state index in [1.807, 2.05) is 12.1 Å². The van der Waals surface area contributed by atoms with Crippen LogP contribution in [-0.2, 0) is 6.54 Å². The number of rotatable bonds is 6. The highest BCUT2D eigenvalue weighted by Gasteiger charge is 2.12. The van der Waals surface area contributed by atoms with Gasteiger partial charge in [-0.1, -0.05) is 24.6 Å². The van der Waals surface area contributed by atoms with E-state index in [-0.39, 0.29) is 0 Å². The van der Waals surface area contributed by atoms with E-state index in [0.29, 0.717) is 16.5 Å². The summed E-state index contributed by atoms with van der Waals surface area (Å²) in [5, 5.41) is 3.84. The molecule has 3 nitrogen and oxygen atoms in total. The third-order valence-electron chi connectivity index (χ3n) is 2.31. The number of methoxy groups -OCH3 is 2. The van der Waals surface area contributed by atoms with Gasteiger partial charge in [-0.3, -0.25) is 0 Å². The van der Waals surface area contributed by atoms with Gasteiger partial charge in [0.1, 0.15) is 16.5 Å². The second-order valence-electron chi connectivity index (χ2n) is 3.45. The van der Waals surface area contributed by atoms with Gasteiger partial charge in [0.2, 0.25) is 0 Å². The average molecular weight is 244 g/mol. The first-order valence-electron chi connectivity index (χ1n) is 5.34. The molecule has 0 atom stereocenters. The van der Waals surface area contributed by atoms with Gasteiger partial charge in [-0.15, -0.1) is 0 Å². The summed E-state index contributed by atoms with van der Waals surface area (Å²) in [4.78, 5) is 0. The summed E-state index contributed by atoms with van der Waals surface area (Å²) in [6.45, 7) is 3.86. The fraction of sp³-hybridized carbons (Fsp3) is 0.500. The minimum absolute atomic E-state index is 0.529. The summed E-state index contributed by atoms with van der Waals surface area (Å²) >= 11 is 6.15. The topological polar surface area (TPSA) is 30.5 Å². The molecule has 1 N–H and O–H groups in total. The SMILES string of the molecule is CCCNCc1ccc(OC)c(Cl)c1OC. The predicted octanol–water partition coefficient (Wildman–Crippen LogP) is 2.86. The van der Waals surface area contributed by atoms with Crippen molar-refractivity contribution in [3.63, 3.8) is 0 Å². The number of benzene rings is 1. The lowest BCUT2D eigenvalue weighted by molar-refractivity contribution is 0.390. The summed E-state index contributed by atoms with van der Waals surface area (Å²) in [6, 6.07) is 3.82. The zero-order chi connectivity index (χ0) is 12.0. The minimum atomic E-state index is 0.529. The smallest absolute Gasteiger partial charge is 0.145 e. The zero-order valence-electron chi connectivity index (χ0n) is 9.97. The lowest BCUT2D eigenvalue weighted by Gasteiger charge is -2.13. The van der Waals surface area contributed by atoms with Gasteiger partial charge in [-0.05, 0) is 19.0 Å². The van der Waals surface area contributed by atoms with E-state index in [4.69, 9.17) is 21.1 Å². The summed E-state index contributed by atoms with van der Waals surface area (Å²) < 4.78 is 10.4. The molecule has 0 heterocycles. The molecule has 1 rings (SSSR count). The maximum absolute atomic E-state index is 6.15. The van der Waals surface area contributed by atoms with Crippen LogP contribution in [0.2, 0.25) is 5.02 Å². The van der Waals surface area contributed by atoms with Gasteiger partial charge in [-0.2, -0.15) is 0 Å². The Morgan fingerprint density at radius 3 is 2.56 bits per heavy atom. The molecule has 16 heavy (non-hydrogen) atoms. The molecule has 0 fully saturated rings. The molecule has 0 aliphatic carbocycles. The lowest BCUT2D eigenvalue weighted by atomic mass is 10.2. The van der Waals surface area contributed by atoms with Crippen LogP contribution in [0.3, 0.4) is 0 Å². The lowest BCUT2D eigenvalue weighted by Crippen LogP contribution is -2.14. The van der Waals surface area contributed by atoms with Crippen LogP contribution in [0.5, 0.6) is 11.5 Å². The van der Waals surface area contributed by atoms with Crippen LogP contribution in [0.1, 0.15) is 18.9 Å². The number of halogens is 1. The molecule has 4 heteroatoms. The van der Waals surface area contributed by atoms with Crippen LogP contribution in [-0.4, -0.2) is 20.8 Å². The van der Waals surface area contributed by atoms with E-state index < -0.39 is 0 Å². The molecule has 0 bridgehead atoms. The fourth-order valence-electron chi connectivity index (χ4n) is 1.50. The van der Waals surface area contributed by atoms with E-state index in [0.717, 1.165) is 25.1 Å². The molecule has 0 spiro atoms. The summed E-state index contributed by atoms with van der Waals surface area (Å²) in [7, 11) is 3.21. The molecule has 0 amide bonds. The van der Waals surface area contributed by atoms with Crippen molar-refractivity contribution in [2.75, 3.05) is 20.8 Å². The van der Waals surface area contributed by atoms with Crippen molar-refractivity contribution < 1.29 is 9.47 Å². The van der Waals surface area contributed by atoms with E-state index in [2.05, 4.69) is 12.2 Å². The average Bonchev–Trinajstić information content (AvgIpc) is 2.30. The highest BCUT2D eigenvalue weighted by molar-refractivity contribution is 6.33. The van der Waals surface area contributed by atoms with Gasteiger partial charge in [-0.25, -0.2) is 0 Å². The van der Waals surface area contributed by atoms with Crippen LogP contribution < -0.4 is 14.8 Å². The highest BCUT2D eigenvalue weighted by Crippen LogP contribution is 2.36. The molecular weight excluding hydrogens is 226 g/mol. The Kier molecular flexibility index (Phi) is 5.43. The van der Waals surface area contributed by atoms with Gasteiger partial charge in [0.05, 0.1) is 14.2 Å². The third kappa shape index (κ3) is 3.03. The quantitative estimate of drug-likeness (QED) is 0.780. The second-order valence-corrected chi connectivity index (χ2v) is 3.83. The van der Waals surface area contributed by atoms with Crippen molar-refractivity contribution >= 4 is 11.6 Å². The number of hydrogen-bond donors (Lipinski definition) is 1. The van der Waals surface area contributed by atoms with Gasteiger partial charge >= 0.3 is 0 Å². The van der Waals surface area contributed by atoms with Gasteiger partial charge in [0.25, 0.3) is 0 Å². The first-order valence-corrected chi connectivity index (χ1v) is 5.72. The van der Waals surface area contributed by atoms with Crippen molar-refractivity contribution in [3.05, 3.63) is 22.7 Å². The Morgan fingerprint density at radius 2 is 2.00 bits per heavy atom. The van der Waals surface area contributed by atoms with Gasteiger partial charge in [0, 0.05) is 12.1 Å². The first kappa shape index (κ1) is 13.1. The van der Waals surface area contributed by atoms with E-state index >= 15 is 0 Å². The maximum Gasteiger partial charge on any atom is 0.145 e. The highest BCUT2D eigenvalue weighted by atomic mass is 35.5. The Bertz CT molecular complexity index is 342. The molecule has 0 aliphatic rings. The van der Waals surface area contributed by atoms with Crippen molar-refractivity contribution in [2.24, 2.45) is 0 Å². The maximum atomic E-state index is 6.15. The second kappa shape index (κ2) is 6.61. The molecule has 1 aromatic rings. The van der Waals surface area contributed by atoms with Crippen molar-refractivity contribution in [3.8, 4) is 11.5 Å². The van der Waals surface area contributed by atoms with Gasteiger partial charge < -0.3 is 14.8 Å². The molecule has 0 radical (unpaired) electrons. The monoisotopic (exact) mass is 243 g/mol. The fourth-order valence-corrected chi connectivity index (χ4v) is 1.83. The number of hydrogen-bond acceptors (Lipinski definition) is 3. The van der Waals surface area contributed by atoms with Gasteiger partial charge in [0.15, 0.2) is 0 Å².